The van der Waals surface area contributed by atoms with Gasteiger partial charge in [0.2, 0.25) is 0 Å². The minimum atomic E-state index is 0.458. The molecule has 0 aliphatic rings. The summed E-state index contributed by atoms with van der Waals surface area (Å²) >= 11 is 6.15. The first-order chi connectivity index (χ1) is 8.59. The fourth-order valence-corrected chi connectivity index (χ4v) is 1.84. The summed E-state index contributed by atoms with van der Waals surface area (Å²) in [6.45, 7) is 5.70. The normalized spacial score (nSPS) is 13.0. The SMILES string of the molecule is C=C(/C(Cl)=C\N=C(C)N)c1c[nH]c2ccccc12. The number of nitrogens with two attached hydrogens (primary N) is 1. The lowest BCUT2D eigenvalue weighted by Gasteiger charge is -2.02. The third-order valence-electron chi connectivity index (χ3n) is 2.58. The van der Waals surface area contributed by atoms with Gasteiger partial charge >= 0.3 is 0 Å². The number of hydrogen-bond donors (Lipinski definition) is 2. The van der Waals surface area contributed by atoms with Crippen molar-refractivity contribution >= 4 is 33.9 Å². The highest BCUT2D eigenvalue weighted by Crippen LogP contribution is 2.30. The van der Waals surface area contributed by atoms with E-state index < -0.39 is 0 Å². The van der Waals surface area contributed by atoms with Crippen LogP contribution in [0.25, 0.3) is 16.5 Å². The number of hydrogen-bond acceptors (Lipinski definition) is 1. The molecule has 3 N–H and O–H groups in total. The number of fused-ring (bicyclic) bond motifs is 1. The van der Waals surface area contributed by atoms with E-state index in [4.69, 9.17) is 17.3 Å². The molecular weight excluding hydrogens is 246 g/mol. The fraction of sp³-hybridized carbons (Fsp3) is 0.0714. The zero-order chi connectivity index (χ0) is 13.1. The van der Waals surface area contributed by atoms with Crippen molar-refractivity contribution in [3.05, 3.63) is 53.8 Å². The first kappa shape index (κ1) is 12.5. The number of aromatic nitrogens is 1. The topological polar surface area (TPSA) is 54.2 Å². The highest BCUT2D eigenvalue weighted by molar-refractivity contribution is 6.37. The molecule has 92 valence electrons. The molecule has 1 aromatic heterocycles. The molecule has 18 heavy (non-hydrogen) atoms. The quantitative estimate of drug-likeness (QED) is 0.494. The number of nitrogens with one attached hydrogen (secondary N) is 1. The van der Waals surface area contributed by atoms with Gasteiger partial charge in [-0.15, -0.1) is 0 Å². The van der Waals surface area contributed by atoms with Crippen LogP contribution in [0.4, 0.5) is 0 Å². The van der Waals surface area contributed by atoms with Crippen LogP contribution in [-0.2, 0) is 0 Å². The van der Waals surface area contributed by atoms with E-state index in [0.717, 1.165) is 22.0 Å². The van der Waals surface area contributed by atoms with Crippen molar-refractivity contribution in [1.82, 2.24) is 4.98 Å². The van der Waals surface area contributed by atoms with Crippen molar-refractivity contribution in [3.63, 3.8) is 0 Å². The first-order valence-electron chi connectivity index (χ1n) is 5.51. The number of allylic oxidation sites excluding steroid dienone is 2. The van der Waals surface area contributed by atoms with E-state index in [1.165, 1.54) is 6.20 Å². The number of aliphatic imine (C=N–C) groups is 1. The number of nitrogens with zero attached hydrogens (tertiary/aromatic N) is 1. The van der Waals surface area contributed by atoms with Crippen LogP contribution in [0.1, 0.15) is 12.5 Å². The average Bonchev–Trinajstić information content (AvgIpc) is 2.78. The third kappa shape index (κ3) is 2.46. The molecule has 0 atom stereocenters. The van der Waals surface area contributed by atoms with Crippen molar-refractivity contribution in [3.8, 4) is 0 Å². The Bertz CT molecular complexity index is 646. The molecular formula is C14H14ClN3. The van der Waals surface area contributed by atoms with Crippen LogP contribution in [0, 0.1) is 0 Å². The molecule has 0 unspecified atom stereocenters. The molecule has 0 amide bonds. The van der Waals surface area contributed by atoms with Crippen molar-refractivity contribution in [2.24, 2.45) is 10.7 Å². The lowest BCUT2D eigenvalue weighted by molar-refractivity contribution is 1.45. The molecule has 4 heteroatoms. The predicted molar refractivity (Wildman–Crippen MR) is 78.6 cm³/mol. The monoisotopic (exact) mass is 259 g/mol. The Balaban J connectivity index is 2.40. The highest BCUT2D eigenvalue weighted by Gasteiger charge is 2.08. The van der Waals surface area contributed by atoms with Crippen LogP contribution in [0.5, 0.6) is 0 Å². The maximum atomic E-state index is 6.15. The molecule has 2 rings (SSSR count). The molecule has 0 aliphatic carbocycles. The summed E-state index contributed by atoms with van der Waals surface area (Å²) in [5.74, 6) is 0.458. The number of para-hydroxylation sites is 1. The number of rotatable bonds is 3. The van der Waals surface area contributed by atoms with Crippen LogP contribution in [0.3, 0.4) is 0 Å². The van der Waals surface area contributed by atoms with Crippen LogP contribution in [0.15, 0.2) is 53.3 Å². The molecule has 0 spiro atoms. The van der Waals surface area contributed by atoms with Gasteiger partial charge in [0.1, 0.15) is 0 Å². The zero-order valence-corrected chi connectivity index (χ0v) is 10.8. The molecule has 0 radical (unpaired) electrons. The second kappa shape index (κ2) is 5.10. The molecule has 0 aliphatic heterocycles. The van der Waals surface area contributed by atoms with E-state index in [1.54, 1.807) is 6.92 Å². The van der Waals surface area contributed by atoms with Gasteiger partial charge < -0.3 is 10.7 Å². The second-order valence-corrected chi connectivity index (χ2v) is 4.38. The molecule has 0 fully saturated rings. The summed E-state index contributed by atoms with van der Waals surface area (Å²) in [7, 11) is 0. The molecule has 0 saturated heterocycles. The summed E-state index contributed by atoms with van der Waals surface area (Å²) in [4.78, 5) is 7.15. The van der Waals surface area contributed by atoms with Crippen LogP contribution in [0.2, 0.25) is 0 Å². The molecule has 0 saturated carbocycles. The lowest BCUT2D eigenvalue weighted by Crippen LogP contribution is -2.03. The van der Waals surface area contributed by atoms with Crippen molar-refractivity contribution in [2.75, 3.05) is 0 Å². The molecule has 2 aromatic rings. The van der Waals surface area contributed by atoms with Gasteiger partial charge in [-0.25, -0.2) is 4.99 Å². The second-order valence-electron chi connectivity index (χ2n) is 3.97. The fourth-order valence-electron chi connectivity index (χ4n) is 1.69. The number of H-pyrrole nitrogens is 1. The van der Waals surface area contributed by atoms with E-state index >= 15 is 0 Å². The van der Waals surface area contributed by atoms with E-state index in [1.807, 2.05) is 30.5 Å². The van der Waals surface area contributed by atoms with Crippen molar-refractivity contribution < 1.29 is 0 Å². The minimum Gasteiger partial charge on any atom is -0.387 e. The Hall–Kier alpha value is -2.00. The minimum absolute atomic E-state index is 0.458. The van der Waals surface area contributed by atoms with Crippen LogP contribution in [-0.4, -0.2) is 10.8 Å². The highest BCUT2D eigenvalue weighted by atomic mass is 35.5. The number of amidine groups is 1. The zero-order valence-electron chi connectivity index (χ0n) is 10.1. The van der Waals surface area contributed by atoms with Crippen molar-refractivity contribution in [1.29, 1.82) is 0 Å². The van der Waals surface area contributed by atoms with Gasteiger partial charge in [-0.2, -0.15) is 0 Å². The standard InChI is InChI=1S/C14H14ClN3/c1-9(13(15)8-17-10(2)16)12-7-18-14-6-4-3-5-11(12)14/h3-8,18H,1H2,2H3,(H2,16,17)/b13-8+. The first-order valence-corrected chi connectivity index (χ1v) is 5.88. The Labute approximate surface area is 111 Å². The van der Waals surface area contributed by atoms with Gasteiger partial charge in [-0.05, 0) is 18.6 Å². The van der Waals surface area contributed by atoms with Gasteiger partial charge in [-0.3, -0.25) is 0 Å². The van der Waals surface area contributed by atoms with Crippen molar-refractivity contribution in [2.45, 2.75) is 6.92 Å². The summed E-state index contributed by atoms with van der Waals surface area (Å²) in [6.07, 6.45) is 3.41. The Morgan fingerprint density at radius 1 is 1.44 bits per heavy atom. The van der Waals surface area contributed by atoms with Gasteiger partial charge in [0.25, 0.3) is 0 Å². The summed E-state index contributed by atoms with van der Waals surface area (Å²) in [6, 6.07) is 7.98. The summed E-state index contributed by atoms with van der Waals surface area (Å²) in [5, 5.41) is 1.56. The third-order valence-corrected chi connectivity index (χ3v) is 2.91. The Morgan fingerprint density at radius 3 is 2.89 bits per heavy atom. The van der Waals surface area contributed by atoms with Gasteiger partial charge in [0, 0.05) is 28.9 Å². The number of halogens is 1. The predicted octanol–water partition coefficient (Wildman–Crippen LogP) is 3.64. The van der Waals surface area contributed by atoms with Crippen LogP contribution >= 0.6 is 11.6 Å². The summed E-state index contributed by atoms with van der Waals surface area (Å²) < 4.78 is 0. The number of aromatic amines is 1. The maximum absolute atomic E-state index is 6.15. The molecule has 3 nitrogen and oxygen atoms in total. The van der Waals surface area contributed by atoms with Gasteiger partial charge in [0.05, 0.1) is 10.9 Å². The Morgan fingerprint density at radius 2 is 2.17 bits per heavy atom. The molecule has 1 aromatic carbocycles. The van der Waals surface area contributed by atoms with E-state index in [2.05, 4.69) is 16.6 Å². The largest absolute Gasteiger partial charge is 0.387 e. The van der Waals surface area contributed by atoms with Gasteiger partial charge in [-0.1, -0.05) is 36.4 Å². The van der Waals surface area contributed by atoms with Crippen LogP contribution < -0.4 is 5.73 Å². The lowest BCUT2D eigenvalue weighted by atomic mass is 10.1. The maximum Gasteiger partial charge on any atom is 0.0958 e. The molecule has 1 heterocycles. The smallest absolute Gasteiger partial charge is 0.0958 e. The van der Waals surface area contributed by atoms with E-state index in [0.29, 0.717) is 10.9 Å². The molecule has 0 bridgehead atoms. The number of benzene rings is 1. The average molecular weight is 260 g/mol. The van der Waals surface area contributed by atoms with Gasteiger partial charge in [0.15, 0.2) is 0 Å². The Kier molecular flexibility index (Phi) is 3.53. The van der Waals surface area contributed by atoms with E-state index in [-0.39, 0.29) is 0 Å². The van der Waals surface area contributed by atoms with E-state index in [9.17, 15) is 0 Å². The summed E-state index contributed by atoms with van der Waals surface area (Å²) in [5.41, 5.74) is 8.20.